The van der Waals surface area contributed by atoms with Gasteiger partial charge in [-0.2, -0.15) is 0 Å². The number of aliphatic hydroxyl groups excluding tert-OH is 2. The molecule has 9 aromatic rings. The summed E-state index contributed by atoms with van der Waals surface area (Å²) in [6, 6.07) is 57.9. The van der Waals surface area contributed by atoms with Crippen LogP contribution in [0.15, 0.2) is 181 Å². The van der Waals surface area contributed by atoms with E-state index in [1.165, 1.54) is 43.1 Å². The second-order valence-corrected chi connectivity index (χ2v) is 14.3. The fourth-order valence-electron chi connectivity index (χ4n) is 7.45. The van der Waals surface area contributed by atoms with Gasteiger partial charge in [0.1, 0.15) is 17.0 Å². The van der Waals surface area contributed by atoms with Gasteiger partial charge < -0.3 is 24.9 Å². The molecule has 297 valence electrons. The van der Waals surface area contributed by atoms with Crippen LogP contribution in [-0.4, -0.2) is 67.2 Å². The van der Waals surface area contributed by atoms with Crippen LogP contribution in [0.5, 0.6) is 0 Å². The number of fused-ring (bicyclic) bond motifs is 4. The Bertz CT molecular complexity index is 2800. The van der Waals surface area contributed by atoms with E-state index in [1.807, 2.05) is 67.0 Å². The molecule has 0 amide bonds. The van der Waals surface area contributed by atoms with Crippen molar-refractivity contribution in [1.82, 2.24) is 15.0 Å². The molecule has 1 saturated heterocycles. The Hall–Kier alpha value is -6.39. The third-order valence-electron chi connectivity index (χ3n) is 10.5. The maximum atomic E-state index is 9.70. The topological polar surface area (TPSA) is 116 Å². The molecule has 2 aliphatic rings. The molecule has 3 aromatic heterocycles. The van der Waals surface area contributed by atoms with Gasteiger partial charge in [0.25, 0.3) is 0 Å². The Morgan fingerprint density at radius 3 is 1.62 bits per heavy atom. The molecule has 0 spiro atoms. The Morgan fingerprint density at radius 1 is 0.600 bits per heavy atom. The van der Waals surface area contributed by atoms with Gasteiger partial charge in [0.05, 0.1) is 17.8 Å². The van der Waals surface area contributed by atoms with Gasteiger partial charge in [0.15, 0.2) is 6.54 Å². The predicted octanol–water partition coefficient (Wildman–Crippen LogP) is 9.44. The summed E-state index contributed by atoms with van der Waals surface area (Å²) in [5, 5.41) is 36.7. The third-order valence-corrected chi connectivity index (χ3v) is 10.5. The zero-order valence-electron chi connectivity index (χ0n) is 32.3. The van der Waals surface area contributed by atoms with E-state index in [9.17, 15) is 5.11 Å². The van der Waals surface area contributed by atoms with Gasteiger partial charge in [-0.25, -0.2) is 0 Å². The molecule has 2 aliphatic heterocycles. The molecule has 1 fully saturated rings. The number of benzene rings is 6. The molecule has 2 N–H and O–H groups in total. The molecule has 11 rings (SSSR count). The minimum absolute atomic E-state index is 0. The van der Waals surface area contributed by atoms with Crippen LogP contribution >= 0.6 is 0 Å². The zero-order chi connectivity index (χ0) is 40.0. The summed E-state index contributed by atoms with van der Waals surface area (Å²) in [7, 11) is 0. The number of aromatic nitrogens is 3. The van der Waals surface area contributed by atoms with Crippen molar-refractivity contribution < 1.29 is 39.8 Å². The first kappa shape index (κ1) is 40.4. The number of rotatable bonds is 5. The van der Waals surface area contributed by atoms with E-state index < -0.39 is 12.2 Å². The number of hydrogen-bond acceptors (Lipinski definition) is 8. The molecule has 6 aromatic carbocycles. The van der Waals surface area contributed by atoms with E-state index in [0.29, 0.717) is 13.0 Å². The van der Waals surface area contributed by atoms with Crippen molar-refractivity contribution in [3.05, 3.63) is 188 Å². The average molecular weight is 964 g/mol. The zero-order valence-corrected chi connectivity index (χ0v) is 34.7. The quantitative estimate of drug-likeness (QED) is 0.101. The summed E-state index contributed by atoms with van der Waals surface area (Å²) < 4.78 is 7.20. The Kier molecular flexibility index (Phi) is 12.6. The smallest absolute Gasteiger partial charge is 0.249 e. The summed E-state index contributed by atoms with van der Waals surface area (Å²) in [5.41, 5.74) is 5.61. The Morgan fingerprint density at radius 2 is 1.13 bits per heavy atom. The number of hydrogen-bond donors (Lipinski definition) is 2. The second-order valence-electron chi connectivity index (χ2n) is 14.3. The summed E-state index contributed by atoms with van der Waals surface area (Å²) in [4.78, 5) is 13.3. The summed E-state index contributed by atoms with van der Waals surface area (Å²) in [6.07, 6.45) is 4.30. The van der Waals surface area contributed by atoms with Crippen LogP contribution in [0.4, 0.5) is 0 Å². The van der Waals surface area contributed by atoms with Crippen molar-refractivity contribution in [3.8, 4) is 22.5 Å². The van der Waals surface area contributed by atoms with E-state index in [0.717, 1.165) is 33.9 Å². The summed E-state index contributed by atoms with van der Waals surface area (Å²) in [6.45, 7) is 0.298. The molecular formula is C50H39IrN6O3-. The molecule has 10 heteroatoms. The summed E-state index contributed by atoms with van der Waals surface area (Å²) >= 11 is 0. The molecule has 0 aliphatic carbocycles. The van der Waals surface area contributed by atoms with Crippen LogP contribution in [0, 0.1) is 12.1 Å². The minimum atomic E-state index is -0.663. The fraction of sp³-hybridized carbons (Fsp3) is 0.120. The molecule has 3 atom stereocenters. The minimum Gasteiger partial charge on any atom is -0.394 e. The van der Waals surface area contributed by atoms with Gasteiger partial charge in [-0.05, 0) is 90.9 Å². The van der Waals surface area contributed by atoms with E-state index in [4.69, 9.17) is 9.84 Å². The largest absolute Gasteiger partial charge is 0.394 e. The Balaban J connectivity index is 0.000000124. The molecule has 5 heterocycles. The molecule has 0 saturated carbocycles. The molecule has 0 bridgehead atoms. The van der Waals surface area contributed by atoms with E-state index in [1.54, 1.807) is 10.9 Å². The standard InChI is InChI=1S/2C19H12N.C12H15N4O3.Ir/c2*1-2-6-14(7-3-1)19-18-13-16-9-5-4-8-15(16)12-17(18)10-11-20-19;17-7-11-10(18)5-12(19-11)16-6-9(14-15-16)8-3-1-2-4-13-8;/h2*1-6,8-13H;1-4,10-12,17-18H,5-7H2;/q2*-1;+1;/t;;10-,11-,12-;/m..1./s1. The van der Waals surface area contributed by atoms with Crippen molar-refractivity contribution in [2.24, 2.45) is 10.3 Å². The van der Waals surface area contributed by atoms with Gasteiger partial charge in [-0.3, -0.25) is 4.98 Å². The number of nitrogens with zero attached hydrogens (tertiary/aromatic N) is 6. The molecule has 9 nitrogen and oxygen atoms in total. The van der Waals surface area contributed by atoms with Crippen molar-refractivity contribution >= 4 is 48.8 Å². The van der Waals surface area contributed by atoms with Crippen LogP contribution in [0.1, 0.15) is 12.1 Å². The van der Waals surface area contributed by atoms with Gasteiger partial charge in [0.2, 0.25) is 11.9 Å². The number of aliphatic hydroxyl groups is 2. The normalized spacial score (nSPS) is 16.9. The average Bonchev–Trinajstić information content (AvgIpc) is 3.95. The van der Waals surface area contributed by atoms with Crippen LogP contribution in [0.2, 0.25) is 0 Å². The summed E-state index contributed by atoms with van der Waals surface area (Å²) in [5.74, 6) is 0. The first-order valence-electron chi connectivity index (χ1n) is 19.5. The number of ether oxygens (including phenoxy) is 1. The maximum absolute atomic E-state index is 9.70. The van der Waals surface area contributed by atoms with Gasteiger partial charge in [0, 0.05) is 45.1 Å². The SMILES string of the molecule is OC[C@H]1O[C@@H]([N+]2=NN=C(c3ccccn3)C2)C[C@H]1O.[Ir].[c-]1ccccc1-c1nccc2cc3ccccc3cc12.[c-]1ccccc1-c1nccc2cc3ccccc3cc12. The van der Waals surface area contributed by atoms with E-state index in [2.05, 4.69) is 134 Å². The first-order valence-corrected chi connectivity index (χ1v) is 19.5. The van der Waals surface area contributed by atoms with Crippen LogP contribution in [0.25, 0.3) is 65.6 Å². The monoisotopic (exact) mass is 964 g/mol. The van der Waals surface area contributed by atoms with Gasteiger partial charge in [-0.15, -0.1) is 76.5 Å². The van der Waals surface area contributed by atoms with Crippen LogP contribution in [0.3, 0.4) is 0 Å². The molecule has 60 heavy (non-hydrogen) atoms. The van der Waals surface area contributed by atoms with Crippen molar-refractivity contribution in [1.29, 1.82) is 0 Å². The third kappa shape index (κ3) is 8.79. The van der Waals surface area contributed by atoms with E-state index >= 15 is 0 Å². The van der Waals surface area contributed by atoms with Gasteiger partial charge in [-0.1, -0.05) is 66.7 Å². The maximum Gasteiger partial charge on any atom is 0.249 e. The van der Waals surface area contributed by atoms with Crippen LogP contribution < -0.4 is 0 Å². The van der Waals surface area contributed by atoms with Crippen LogP contribution in [-0.2, 0) is 24.8 Å². The first-order chi connectivity index (χ1) is 29.1. The van der Waals surface area contributed by atoms with Crippen molar-refractivity contribution in [2.45, 2.75) is 24.9 Å². The second kappa shape index (κ2) is 18.7. The van der Waals surface area contributed by atoms with Crippen molar-refractivity contribution in [3.63, 3.8) is 0 Å². The molecular weight excluding hydrogens is 925 g/mol. The van der Waals surface area contributed by atoms with Gasteiger partial charge >= 0.3 is 0 Å². The predicted molar refractivity (Wildman–Crippen MR) is 232 cm³/mol. The number of pyridine rings is 3. The molecule has 0 unspecified atom stereocenters. The fourth-order valence-corrected chi connectivity index (χ4v) is 7.45. The Labute approximate surface area is 360 Å². The van der Waals surface area contributed by atoms with Crippen molar-refractivity contribution in [2.75, 3.05) is 13.2 Å². The van der Waals surface area contributed by atoms with E-state index in [-0.39, 0.29) is 32.9 Å². The molecule has 1 radical (unpaired) electrons.